The first-order chi connectivity index (χ1) is 7.83. The van der Waals surface area contributed by atoms with Gasteiger partial charge in [-0.05, 0) is 31.7 Å². The van der Waals surface area contributed by atoms with E-state index in [9.17, 15) is 0 Å². The molecule has 1 saturated carbocycles. The van der Waals surface area contributed by atoms with Crippen LogP contribution in [0, 0.1) is 17.2 Å². The van der Waals surface area contributed by atoms with E-state index in [0.717, 1.165) is 31.0 Å². The molecule has 0 amide bonds. The molecule has 0 saturated heterocycles. The van der Waals surface area contributed by atoms with Crippen LogP contribution in [-0.2, 0) is 6.54 Å². The molecule has 1 fully saturated rings. The first kappa shape index (κ1) is 11.2. The third-order valence-corrected chi connectivity index (χ3v) is 2.88. The predicted octanol–water partition coefficient (Wildman–Crippen LogP) is 1.86. The molecule has 0 aromatic carbocycles. The summed E-state index contributed by atoms with van der Waals surface area (Å²) >= 11 is 0. The van der Waals surface area contributed by atoms with Gasteiger partial charge >= 0.3 is 0 Å². The molecule has 0 bridgehead atoms. The minimum Gasteiger partial charge on any atom is -0.298 e. The molecule has 0 aliphatic heterocycles. The van der Waals surface area contributed by atoms with Crippen LogP contribution in [0.15, 0.2) is 12.4 Å². The lowest BCUT2D eigenvalue weighted by Crippen LogP contribution is -2.21. The van der Waals surface area contributed by atoms with Gasteiger partial charge in [-0.1, -0.05) is 6.92 Å². The average Bonchev–Trinajstić information content (AvgIpc) is 3.00. The van der Waals surface area contributed by atoms with Crippen LogP contribution < -0.4 is 5.32 Å². The molecular weight excluding hydrogens is 200 g/mol. The molecule has 1 unspecified atom stereocenters. The first-order valence-corrected chi connectivity index (χ1v) is 5.99. The maximum atomic E-state index is 9.10. The van der Waals surface area contributed by atoms with E-state index >= 15 is 0 Å². The van der Waals surface area contributed by atoms with Crippen molar-refractivity contribution in [3.8, 4) is 6.07 Å². The highest BCUT2D eigenvalue weighted by atomic mass is 15.3. The van der Waals surface area contributed by atoms with Crippen molar-refractivity contribution in [1.29, 1.82) is 5.26 Å². The summed E-state index contributed by atoms with van der Waals surface area (Å²) in [4.78, 5) is 0. The quantitative estimate of drug-likeness (QED) is 0.793. The fourth-order valence-corrected chi connectivity index (χ4v) is 1.72. The van der Waals surface area contributed by atoms with Gasteiger partial charge in [-0.2, -0.15) is 10.4 Å². The van der Waals surface area contributed by atoms with Crippen LogP contribution in [-0.4, -0.2) is 16.3 Å². The van der Waals surface area contributed by atoms with Crippen molar-refractivity contribution in [3.05, 3.63) is 18.0 Å². The molecule has 1 aromatic rings. The fourth-order valence-electron chi connectivity index (χ4n) is 1.72. The lowest BCUT2D eigenvalue weighted by molar-refractivity contribution is 0.585. The van der Waals surface area contributed by atoms with Crippen LogP contribution in [0.1, 0.15) is 37.8 Å². The van der Waals surface area contributed by atoms with Crippen LogP contribution in [0.2, 0.25) is 0 Å². The van der Waals surface area contributed by atoms with E-state index in [4.69, 9.17) is 5.26 Å². The second-order valence-electron chi connectivity index (χ2n) is 4.45. The largest absolute Gasteiger partial charge is 0.298 e. The van der Waals surface area contributed by atoms with Gasteiger partial charge in [-0.25, -0.2) is 0 Å². The molecule has 1 heterocycles. The van der Waals surface area contributed by atoms with E-state index in [1.165, 1.54) is 12.8 Å². The molecule has 1 N–H and O–H groups in total. The highest BCUT2D eigenvalue weighted by Crippen LogP contribution is 2.28. The van der Waals surface area contributed by atoms with Gasteiger partial charge in [0.25, 0.3) is 0 Å². The minimum absolute atomic E-state index is 0.203. The SMILES string of the molecule is CCCn1cc(C(C#N)NCC2CC2)cn1. The maximum Gasteiger partial charge on any atom is 0.124 e. The van der Waals surface area contributed by atoms with E-state index in [1.54, 1.807) is 6.20 Å². The molecule has 1 aromatic heterocycles. The number of rotatable bonds is 6. The topological polar surface area (TPSA) is 53.6 Å². The van der Waals surface area contributed by atoms with Crippen molar-refractivity contribution in [2.45, 2.75) is 38.8 Å². The Morgan fingerprint density at radius 2 is 2.50 bits per heavy atom. The van der Waals surface area contributed by atoms with Gasteiger partial charge in [0.15, 0.2) is 0 Å². The second-order valence-corrected chi connectivity index (χ2v) is 4.45. The smallest absolute Gasteiger partial charge is 0.124 e. The van der Waals surface area contributed by atoms with E-state index in [-0.39, 0.29) is 6.04 Å². The number of aromatic nitrogens is 2. The van der Waals surface area contributed by atoms with E-state index in [1.807, 2.05) is 10.9 Å². The third kappa shape index (κ3) is 2.83. The van der Waals surface area contributed by atoms with Gasteiger partial charge < -0.3 is 0 Å². The predicted molar refractivity (Wildman–Crippen MR) is 61.6 cm³/mol. The molecule has 1 aliphatic rings. The molecule has 86 valence electrons. The van der Waals surface area contributed by atoms with Crippen molar-refractivity contribution in [2.24, 2.45) is 5.92 Å². The maximum absolute atomic E-state index is 9.10. The fraction of sp³-hybridized carbons (Fsp3) is 0.667. The Morgan fingerprint density at radius 3 is 3.12 bits per heavy atom. The summed E-state index contributed by atoms with van der Waals surface area (Å²) in [7, 11) is 0. The summed E-state index contributed by atoms with van der Waals surface area (Å²) in [5, 5.41) is 16.6. The summed E-state index contributed by atoms with van der Waals surface area (Å²) in [5.41, 5.74) is 0.983. The molecule has 0 spiro atoms. The standard InChI is InChI=1S/C12H18N4/c1-2-5-16-9-11(8-15-16)12(6-13)14-7-10-3-4-10/h8-10,12,14H,2-5,7H2,1H3. The summed E-state index contributed by atoms with van der Waals surface area (Å²) in [6.45, 7) is 3.99. The van der Waals surface area contributed by atoms with Gasteiger partial charge in [0.1, 0.15) is 6.04 Å². The molecule has 4 nitrogen and oxygen atoms in total. The molecule has 2 rings (SSSR count). The Labute approximate surface area is 96.3 Å². The highest BCUT2D eigenvalue weighted by Gasteiger charge is 2.23. The highest BCUT2D eigenvalue weighted by molar-refractivity contribution is 5.17. The normalized spacial score (nSPS) is 17.0. The van der Waals surface area contributed by atoms with Crippen LogP contribution in [0.4, 0.5) is 0 Å². The Bertz CT molecular complexity index is 373. The first-order valence-electron chi connectivity index (χ1n) is 5.99. The average molecular weight is 218 g/mol. The van der Waals surface area contributed by atoms with Crippen molar-refractivity contribution in [1.82, 2.24) is 15.1 Å². The molecule has 4 heteroatoms. The van der Waals surface area contributed by atoms with Gasteiger partial charge in [0, 0.05) is 18.3 Å². The molecular formula is C12H18N4. The lowest BCUT2D eigenvalue weighted by atomic mass is 10.2. The summed E-state index contributed by atoms with van der Waals surface area (Å²) < 4.78 is 1.90. The Balaban J connectivity index is 1.92. The zero-order valence-electron chi connectivity index (χ0n) is 9.69. The summed E-state index contributed by atoms with van der Waals surface area (Å²) in [6.07, 6.45) is 7.44. The number of hydrogen-bond acceptors (Lipinski definition) is 3. The number of aryl methyl sites for hydroxylation is 1. The number of nitrogens with one attached hydrogen (secondary N) is 1. The van der Waals surface area contributed by atoms with E-state index in [2.05, 4.69) is 23.4 Å². The molecule has 0 radical (unpaired) electrons. The van der Waals surface area contributed by atoms with Crippen LogP contribution in [0.5, 0.6) is 0 Å². The minimum atomic E-state index is -0.203. The molecule has 1 aliphatic carbocycles. The van der Waals surface area contributed by atoms with Gasteiger partial charge in [0.2, 0.25) is 0 Å². The van der Waals surface area contributed by atoms with Crippen molar-refractivity contribution < 1.29 is 0 Å². The van der Waals surface area contributed by atoms with E-state index in [0.29, 0.717) is 0 Å². The van der Waals surface area contributed by atoms with Crippen LogP contribution in [0.3, 0.4) is 0 Å². The third-order valence-electron chi connectivity index (χ3n) is 2.88. The Morgan fingerprint density at radius 1 is 1.69 bits per heavy atom. The Kier molecular flexibility index (Phi) is 3.58. The molecule has 16 heavy (non-hydrogen) atoms. The van der Waals surface area contributed by atoms with Gasteiger partial charge in [-0.15, -0.1) is 0 Å². The van der Waals surface area contributed by atoms with Crippen molar-refractivity contribution >= 4 is 0 Å². The van der Waals surface area contributed by atoms with Crippen molar-refractivity contribution in [2.75, 3.05) is 6.54 Å². The second kappa shape index (κ2) is 5.13. The van der Waals surface area contributed by atoms with E-state index < -0.39 is 0 Å². The Hall–Kier alpha value is -1.34. The van der Waals surface area contributed by atoms with Crippen LogP contribution in [0.25, 0.3) is 0 Å². The number of nitriles is 1. The van der Waals surface area contributed by atoms with Crippen molar-refractivity contribution in [3.63, 3.8) is 0 Å². The lowest BCUT2D eigenvalue weighted by Gasteiger charge is -2.08. The zero-order valence-corrected chi connectivity index (χ0v) is 9.69. The van der Waals surface area contributed by atoms with Gasteiger partial charge in [-0.3, -0.25) is 10.00 Å². The summed E-state index contributed by atoms with van der Waals surface area (Å²) in [5.74, 6) is 0.793. The molecule has 1 atom stereocenters. The summed E-state index contributed by atoms with van der Waals surface area (Å²) in [6, 6.07) is 2.09. The van der Waals surface area contributed by atoms with Gasteiger partial charge in [0.05, 0.1) is 12.3 Å². The number of hydrogen-bond donors (Lipinski definition) is 1. The van der Waals surface area contributed by atoms with Crippen LogP contribution >= 0.6 is 0 Å². The monoisotopic (exact) mass is 218 g/mol. The number of nitrogens with zero attached hydrogens (tertiary/aromatic N) is 3. The zero-order chi connectivity index (χ0) is 11.4.